The summed E-state index contributed by atoms with van der Waals surface area (Å²) in [7, 11) is 0. The van der Waals surface area contributed by atoms with Gasteiger partial charge in [0, 0.05) is 0 Å². The van der Waals surface area contributed by atoms with Crippen molar-refractivity contribution in [2.45, 2.75) is 12.8 Å². The van der Waals surface area contributed by atoms with Gasteiger partial charge < -0.3 is 5.11 Å². The summed E-state index contributed by atoms with van der Waals surface area (Å²) in [6.07, 6.45) is -4.37. The molecule has 0 heterocycles. The highest BCUT2D eigenvalue weighted by atomic mass is 19.4. The van der Waals surface area contributed by atoms with Crippen LogP contribution in [0.5, 0.6) is 0 Å². The molecule has 0 aromatic heterocycles. The van der Waals surface area contributed by atoms with Gasteiger partial charge in [0.2, 0.25) is 0 Å². The largest absolute Gasteiger partial charge is 0.416 e. The standard InChI is InChI=1S/C8H7F3O/c9-8(10,11)7-3-1-6(5-12)2-4-7/h1-4,12H,5H2/i5D/t5-/m1/s1. The molecule has 0 unspecified atom stereocenters. The van der Waals surface area contributed by atoms with E-state index >= 15 is 0 Å². The van der Waals surface area contributed by atoms with Crippen molar-refractivity contribution in [3.8, 4) is 0 Å². The Kier molecular flexibility index (Phi) is 1.99. The van der Waals surface area contributed by atoms with Gasteiger partial charge in [0.15, 0.2) is 0 Å². The molecule has 1 rings (SSSR count). The molecule has 0 saturated carbocycles. The molecule has 4 heteroatoms. The van der Waals surface area contributed by atoms with Crippen LogP contribution in [0.1, 0.15) is 12.5 Å². The van der Waals surface area contributed by atoms with Gasteiger partial charge in [-0.3, -0.25) is 0 Å². The fourth-order valence-corrected chi connectivity index (χ4v) is 0.758. The van der Waals surface area contributed by atoms with Crippen LogP contribution in [0.25, 0.3) is 0 Å². The zero-order valence-corrected chi connectivity index (χ0v) is 5.97. The van der Waals surface area contributed by atoms with Gasteiger partial charge in [-0.15, -0.1) is 0 Å². The molecule has 12 heavy (non-hydrogen) atoms. The van der Waals surface area contributed by atoms with Gasteiger partial charge in [-0.05, 0) is 17.7 Å². The lowest BCUT2D eigenvalue weighted by Crippen LogP contribution is -2.04. The van der Waals surface area contributed by atoms with E-state index in [1.807, 2.05) is 0 Å². The van der Waals surface area contributed by atoms with Crippen LogP contribution in [0.15, 0.2) is 24.3 Å². The Hall–Kier alpha value is -1.03. The van der Waals surface area contributed by atoms with Crippen molar-refractivity contribution in [3.05, 3.63) is 35.4 Å². The Balaban J connectivity index is 2.94. The van der Waals surface area contributed by atoms with Gasteiger partial charge in [-0.25, -0.2) is 0 Å². The van der Waals surface area contributed by atoms with Gasteiger partial charge in [0.1, 0.15) is 0 Å². The Morgan fingerprint density at radius 2 is 1.75 bits per heavy atom. The van der Waals surface area contributed by atoms with Gasteiger partial charge in [0.25, 0.3) is 0 Å². The average Bonchev–Trinajstić information content (AvgIpc) is 2.03. The first-order valence-electron chi connectivity index (χ1n) is 3.76. The third kappa shape index (κ3) is 1.98. The Labute approximate surface area is 68.9 Å². The molecule has 0 amide bonds. The molecule has 1 aromatic carbocycles. The van der Waals surface area contributed by atoms with E-state index in [1.165, 1.54) is 0 Å². The summed E-state index contributed by atoms with van der Waals surface area (Å²) in [5, 5.41) is 8.70. The second kappa shape index (κ2) is 3.15. The van der Waals surface area contributed by atoms with Gasteiger partial charge in [0.05, 0.1) is 13.5 Å². The van der Waals surface area contributed by atoms with Crippen molar-refractivity contribution in [3.63, 3.8) is 0 Å². The van der Waals surface area contributed by atoms with Crippen LogP contribution in [0.4, 0.5) is 13.2 Å². The van der Waals surface area contributed by atoms with Crippen LogP contribution in [0.2, 0.25) is 0 Å². The molecule has 0 fully saturated rings. The second-order valence-corrected chi connectivity index (χ2v) is 2.25. The summed E-state index contributed by atoms with van der Waals surface area (Å²) < 4.78 is 42.9. The van der Waals surface area contributed by atoms with E-state index in [0.717, 1.165) is 24.3 Å². The lowest BCUT2D eigenvalue weighted by Gasteiger charge is -2.05. The van der Waals surface area contributed by atoms with Crippen molar-refractivity contribution in [1.82, 2.24) is 0 Å². The number of rotatable bonds is 1. The van der Waals surface area contributed by atoms with Crippen LogP contribution in [-0.2, 0) is 12.8 Å². The van der Waals surface area contributed by atoms with Crippen LogP contribution in [-0.4, -0.2) is 5.11 Å². The molecular formula is C8H7F3O. The number of benzene rings is 1. The quantitative estimate of drug-likeness (QED) is 0.697. The fraction of sp³-hybridized carbons (Fsp3) is 0.250. The lowest BCUT2D eigenvalue weighted by atomic mass is 10.1. The van der Waals surface area contributed by atoms with Crippen molar-refractivity contribution in [2.24, 2.45) is 0 Å². The van der Waals surface area contributed by atoms with Crippen LogP contribution in [0.3, 0.4) is 0 Å². The maximum atomic E-state index is 12.0. The molecule has 0 saturated heterocycles. The predicted molar refractivity (Wildman–Crippen MR) is 37.4 cm³/mol. The van der Waals surface area contributed by atoms with Gasteiger partial charge in [-0.1, -0.05) is 12.1 Å². The third-order valence-corrected chi connectivity index (χ3v) is 1.39. The second-order valence-electron chi connectivity index (χ2n) is 2.25. The average molecular weight is 177 g/mol. The predicted octanol–water partition coefficient (Wildman–Crippen LogP) is 2.20. The zero-order chi connectivity index (χ0) is 10.1. The first-order valence-corrected chi connectivity index (χ1v) is 3.19. The normalized spacial score (nSPS) is 15.5. The number of alkyl halides is 3. The Morgan fingerprint density at radius 1 is 1.25 bits per heavy atom. The molecule has 0 radical (unpaired) electrons. The monoisotopic (exact) mass is 177 g/mol. The highest BCUT2D eigenvalue weighted by Gasteiger charge is 2.29. The number of aliphatic hydroxyl groups is 1. The van der Waals surface area contributed by atoms with E-state index in [4.69, 9.17) is 6.48 Å². The minimum atomic E-state index is -4.37. The first kappa shape index (κ1) is 7.61. The minimum Gasteiger partial charge on any atom is -0.392 e. The topological polar surface area (TPSA) is 20.2 Å². The summed E-state index contributed by atoms with van der Waals surface area (Å²) in [5.41, 5.74) is -0.634. The smallest absolute Gasteiger partial charge is 0.392 e. The highest BCUT2D eigenvalue weighted by molar-refractivity contribution is 5.23. The summed E-state index contributed by atoms with van der Waals surface area (Å²) in [6.45, 7) is -1.48. The molecular weight excluding hydrogens is 169 g/mol. The number of hydrogen-bond acceptors (Lipinski definition) is 1. The van der Waals surface area contributed by atoms with E-state index in [0.29, 0.717) is 0 Å². The van der Waals surface area contributed by atoms with Gasteiger partial charge >= 0.3 is 6.18 Å². The molecule has 66 valence electrons. The molecule has 0 bridgehead atoms. The molecule has 1 nitrogen and oxygen atoms in total. The lowest BCUT2D eigenvalue weighted by molar-refractivity contribution is -0.137. The maximum absolute atomic E-state index is 12.0. The SMILES string of the molecule is [2H][C@@H](O)c1ccc(C(F)(F)F)cc1. The van der Waals surface area contributed by atoms with E-state index in [2.05, 4.69) is 0 Å². The zero-order valence-electron chi connectivity index (χ0n) is 6.97. The first-order chi connectivity index (χ1) is 5.91. The fourth-order valence-electron chi connectivity index (χ4n) is 0.758. The molecule has 1 atom stereocenters. The van der Waals surface area contributed by atoms with E-state index < -0.39 is 18.3 Å². The number of aliphatic hydroxyl groups excluding tert-OH is 1. The summed E-state index contributed by atoms with van der Waals surface area (Å²) in [5.74, 6) is 0. The van der Waals surface area contributed by atoms with Gasteiger partial charge in [-0.2, -0.15) is 13.2 Å². The molecule has 0 spiro atoms. The Morgan fingerprint density at radius 3 is 2.08 bits per heavy atom. The Bertz CT molecular complexity index is 278. The van der Waals surface area contributed by atoms with E-state index in [1.54, 1.807) is 0 Å². The van der Waals surface area contributed by atoms with Crippen molar-refractivity contribution in [1.29, 1.82) is 0 Å². The number of hydrogen-bond donors (Lipinski definition) is 1. The van der Waals surface area contributed by atoms with Crippen LogP contribution < -0.4 is 0 Å². The van der Waals surface area contributed by atoms with Crippen molar-refractivity contribution < 1.29 is 19.6 Å². The summed E-state index contributed by atoms with van der Waals surface area (Å²) in [4.78, 5) is 0. The number of halogens is 3. The summed E-state index contributed by atoms with van der Waals surface area (Å²) >= 11 is 0. The third-order valence-electron chi connectivity index (χ3n) is 1.39. The molecule has 1 aromatic rings. The minimum absolute atomic E-state index is 0.146. The summed E-state index contributed by atoms with van der Waals surface area (Å²) in [6, 6.07) is 3.85. The molecule has 0 aliphatic carbocycles. The highest BCUT2D eigenvalue weighted by Crippen LogP contribution is 2.28. The van der Waals surface area contributed by atoms with E-state index in [-0.39, 0.29) is 5.56 Å². The maximum Gasteiger partial charge on any atom is 0.416 e. The molecule has 0 aliphatic rings. The molecule has 1 N–H and O–H groups in total. The van der Waals surface area contributed by atoms with Crippen LogP contribution >= 0.6 is 0 Å². The molecule has 0 aliphatic heterocycles. The van der Waals surface area contributed by atoms with Crippen molar-refractivity contribution >= 4 is 0 Å². The van der Waals surface area contributed by atoms with E-state index in [9.17, 15) is 13.2 Å². The van der Waals surface area contributed by atoms with Crippen molar-refractivity contribution in [2.75, 3.05) is 0 Å². The van der Waals surface area contributed by atoms with Crippen LogP contribution in [0, 0.1) is 0 Å².